The van der Waals surface area contributed by atoms with Gasteiger partial charge < -0.3 is 0 Å². The average molecular weight is 488 g/mol. The van der Waals surface area contributed by atoms with Gasteiger partial charge in [0.05, 0.1) is 11.6 Å². The van der Waals surface area contributed by atoms with Crippen molar-refractivity contribution < 1.29 is 12.6 Å². The Balaban J connectivity index is 1.62. The average Bonchev–Trinajstić information content (AvgIpc) is 2.76. The molecule has 0 spiro atoms. The van der Waals surface area contributed by atoms with E-state index in [1.807, 2.05) is 12.1 Å². The first-order valence-electron chi connectivity index (χ1n) is 11.7. The Morgan fingerprint density at radius 3 is 1.77 bits per heavy atom. The molecule has 0 amide bonds. The number of fused-ring (bicyclic) bond motifs is 1. The van der Waals surface area contributed by atoms with Gasteiger partial charge in [-0.1, -0.05) is 131 Å². The predicted molar refractivity (Wildman–Crippen MR) is 133 cm³/mol. The van der Waals surface area contributed by atoms with Crippen LogP contribution in [0.15, 0.2) is 35.2 Å². The maximum atomic E-state index is 12.6. The highest BCUT2D eigenvalue weighted by atomic mass is 35.5. The fraction of sp³-hybridized carbons (Fsp3) is 0.600. The van der Waals surface area contributed by atoms with Crippen LogP contribution < -0.4 is 0 Å². The normalized spacial score (nSPS) is 12.0. The molecule has 0 atom stereocenters. The summed E-state index contributed by atoms with van der Waals surface area (Å²) in [6.45, 7) is 2.42. The Morgan fingerprint density at radius 2 is 1.23 bits per heavy atom. The number of halogens is 2. The highest BCUT2D eigenvalue weighted by Crippen LogP contribution is 2.36. The summed E-state index contributed by atoms with van der Waals surface area (Å²) in [4.78, 5) is -0.0624. The zero-order valence-corrected chi connectivity index (χ0v) is 21.0. The Kier molecular flexibility index (Phi) is 12.2. The van der Waals surface area contributed by atoms with E-state index in [1.165, 1.54) is 70.3 Å². The maximum Gasteiger partial charge on any atom is 0.298 e. The van der Waals surface area contributed by atoms with Crippen molar-refractivity contribution in [1.82, 2.24) is 0 Å². The highest BCUT2D eigenvalue weighted by molar-refractivity contribution is 7.87. The van der Waals surface area contributed by atoms with Gasteiger partial charge in [-0.25, -0.2) is 0 Å². The molecule has 31 heavy (non-hydrogen) atoms. The summed E-state index contributed by atoms with van der Waals surface area (Å²) in [5, 5.41) is 1.85. The third-order valence-corrected chi connectivity index (χ3v) is 7.82. The second-order valence-corrected chi connectivity index (χ2v) is 10.6. The summed E-state index contributed by atoms with van der Waals surface area (Å²) < 4.78 is 30.4. The van der Waals surface area contributed by atoms with Gasteiger partial charge in [-0.2, -0.15) is 8.42 Å². The molecule has 0 saturated heterocycles. The van der Waals surface area contributed by atoms with Crippen LogP contribution in [0, 0.1) is 0 Å². The molecule has 0 heterocycles. The fourth-order valence-electron chi connectivity index (χ4n) is 3.81. The van der Waals surface area contributed by atoms with Gasteiger partial charge in [0.25, 0.3) is 10.1 Å². The Bertz CT molecular complexity index is 897. The zero-order valence-electron chi connectivity index (χ0n) is 18.7. The van der Waals surface area contributed by atoms with Crippen LogP contribution in [0.2, 0.25) is 10.0 Å². The molecule has 0 aliphatic rings. The van der Waals surface area contributed by atoms with E-state index >= 15 is 0 Å². The lowest BCUT2D eigenvalue weighted by Crippen LogP contribution is -2.08. The van der Waals surface area contributed by atoms with E-state index in [9.17, 15) is 8.42 Å². The van der Waals surface area contributed by atoms with Crippen LogP contribution in [0.5, 0.6) is 0 Å². The van der Waals surface area contributed by atoms with Crippen molar-refractivity contribution >= 4 is 44.1 Å². The van der Waals surface area contributed by atoms with E-state index in [-0.39, 0.29) is 16.5 Å². The lowest BCUT2D eigenvalue weighted by Gasteiger charge is -2.11. The molecule has 2 aromatic rings. The molecular formula is C25H36Cl2O3S. The lowest BCUT2D eigenvalue weighted by molar-refractivity contribution is 0.306. The minimum absolute atomic E-state index is 0.0624. The monoisotopic (exact) mass is 486 g/mol. The van der Waals surface area contributed by atoms with Crippen molar-refractivity contribution in [3.05, 3.63) is 40.4 Å². The molecule has 0 aromatic heterocycles. The SMILES string of the molecule is CCCCCCCCCCCCCCCOS(=O)(=O)c1cc(Cl)c2ccccc2c1Cl. The van der Waals surface area contributed by atoms with Gasteiger partial charge in [0, 0.05) is 15.8 Å². The van der Waals surface area contributed by atoms with Crippen LogP contribution in [0.25, 0.3) is 10.8 Å². The lowest BCUT2D eigenvalue weighted by atomic mass is 10.0. The summed E-state index contributed by atoms with van der Waals surface area (Å²) in [6, 6.07) is 8.59. The number of hydrogen-bond donors (Lipinski definition) is 0. The van der Waals surface area contributed by atoms with Gasteiger partial charge in [0.15, 0.2) is 0 Å². The molecular weight excluding hydrogens is 451 g/mol. The Hall–Kier alpha value is -0.810. The van der Waals surface area contributed by atoms with E-state index in [0.29, 0.717) is 10.4 Å². The smallest absolute Gasteiger partial charge is 0.266 e. The standard InChI is InChI=1S/C25H36Cl2O3S/c1-2-3-4-5-6-7-8-9-10-11-12-13-16-19-30-31(28,29)24-20-23(26)21-17-14-15-18-22(21)25(24)27/h14-15,17-18,20H,2-13,16,19H2,1H3. The van der Waals surface area contributed by atoms with Crippen molar-refractivity contribution in [2.45, 2.75) is 95.3 Å². The second-order valence-electron chi connectivity index (χ2n) is 8.23. The van der Waals surface area contributed by atoms with Crippen molar-refractivity contribution in [3.63, 3.8) is 0 Å². The molecule has 0 N–H and O–H groups in total. The van der Waals surface area contributed by atoms with Crippen LogP contribution in [0.4, 0.5) is 0 Å². The Labute approximate surface area is 198 Å². The third kappa shape index (κ3) is 8.92. The van der Waals surface area contributed by atoms with Gasteiger partial charge in [0.1, 0.15) is 4.90 Å². The quantitative estimate of drug-likeness (QED) is 0.175. The topological polar surface area (TPSA) is 43.4 Å². The van der Waals surface area contributed by atoms with E-state index < -0.39 is 10.1 Å². The molecule has 0 bridgehead atoms. The molecule has 0 aliphatic heterocycles. The van der Waals surface area contributed by atoms with Crippen LogP contribution >= 0.6 is 23.2 Å². The minimum Gasteiger partial charge on any atom is -0.266 e. The summed E-state index contributed by atoms with van der Waals surface area (Å²) >= 11 is 12.6. The van der Waals surface area contributed by atoms with Gasteiger partial charge in [-0.15, -0.1) is 0 Å². The van der Waals surface area contributed by atoms with Crippen LogP contribution in [0.1, 0.15) is 90.4 Å². The van der Waals surface area contributed by atoms with Crippen molar-refractivity contribution in [2.75, 3.05) is 6.61 Å². The van der Waals surface area contributed by atoms with Gasteiger partial charge in [0.2, 0.25) is 0 Å². The van der Waals surface area contributed by atoms with Crippen molar-refractivity contribution in [3.8, 4) is 0 Å². The van der Waals surface area contributed by atoms with E-state index in [1.54, 1.807) is 12.1 Å². The van der Waals surface area contributed by atoms with Crippen LogP contribution in [-0.4, -0.2) is 15.0 Å². The third-order valence-electron chi connectivity index (χ3n) is 5.65. The number of unbranched alkanes of at least 4 members (excludes halogenated alkanes) is 12. The first-order valence-corrected chi connectivity index (χ1v) is 13.9. The molecule has 0 saturated carbocycles. The minimum atomic E-state index is -3.94. The Morgan fingerprint density at radius 1 is 0.742 bits per heavy atom. The molecule has 2 aromatic carbocycles. The highest BCUT2D eigenvalue weighted by Gasteiger charge is 2.22. The number of rotatable bonds is 16. The molecule has 0 aliphatic carbocycles. The van der Waals surface area contributed by atoms with Crippen molar-refractivity contribution in [2.24, 2.45) is 0 Å². The predicted octanol–water partition coefficient (Wildman–Crippen LogP) is 8.94. The second kappa shape index (κ2) is 14.4. The molecule has 0 fully saturated rings. The summed E-state index contributed by atoms with van der Waals surface area (Å²) in [5.74, 6) is 0. The first kappa shape index (κ1) is 26.4. The van der Waals surface area contributed by atoms with Gasteiger partial charge >= 0.3 is 0 Å². The fourth-order valence-corrected chi connectivity index (χ4v) is 5.70. The van der Waals surface area contributed by atoms with Gasteiger partial charge in [-0.05, 0) is 12.5 Å². The molecule has 3 nitrogen and oxygen atoms in total. The number of hydrogen-bond acceptors (Lipinski definition) is 3. The van der Waals surface area contributed by atoms with Gasteiger partial charge in [-0.3, -0.25) is 4.18 Å². The largest absolute Gasteiger partial charge is 0.298 e. The van der Waals surface area contributed by atoms with E-state index in [2.05, 4.69) is 6.92 Å². The van der Waals surface area contributed by atoms with E-state index in [4.69, 9.17) is 27.4 Å². The molecule has 6 heteroatoms. The summed E-state index contributed by atoms with van der Waals surface area (Å²) in [5.41, 5.74) is 0. The van der Waals surface area contributed by atoms with E-state index in [0.717, 1.165) is 24.6 Å². The zero-order chi connectivity index (χ0) is 22.5. The van der Waals surface area contributed by atoms with Crippen LogP contribution in [0.3, 0.4) is 0 Å². The first-order chi connectivity index (χ1) is 15.0. The molecule has 0 unspecified atom stereocenters. The summed E-state index contributed by atoms with van der Waals surface area (Å²) in [6.07, 6.45) is 16.1. The van der Waals surface area contributed by atoms with Crippen LogP contribution in [-0.2, 0) is 14.3 Å². The number of benzene rings is 2. The molecule has 0 radical (unpaired) electrons. The molecule has 174 valence electrons. The summed E-state index contributed by atoms with van der Waals surface area (Å²) in [7, 11) is -3.94. The van der Waals surface area contributed by atoms with Crippen molar-refractivity contribution in [1.29, 1.82) is 0 Å². The maximum absolute atomic E-state index is 12.6. The molecule has 2 rings (SSSR count).